The molecule has 0 bridgehead atoms. The van der Waals surface area contributed by atoms with E-state index in [1.807, 2.05) is 48.5 Å². The predicted molar refractivity (Wildman–Crippen MR) is 185 cm³/mol. The van der Waals surface area contributed by atoms with Crippen molar-refractivity contribution in [1.82, 2.24) is 19.9 Å². The molecule has 4 aromatic rings. The lowest BCUT2D eigenvalue weighted by atomic mass is 9.95. The van der Waals surface area contributed by atoms with Gasteiger partial charge in [-0.3, -0.25) is 0 Å². The summed E-state index contributed by atoms with van der Waals surface area (Å²) in [7, 11) is 0. The highest BCUT2D eigenvalue weighted by Crippen LogP contribution is 2.24. The summed E-state index contributed by atoms with van der Waals surface area (Å²) in [5.74, 6) is 4.57. The highest BCUT2D eigenvalue weighted by Gasteiger charge is 2.20. The molecule has 0 saturated carbocycles. The van der Waals surface area contributed by atoms with Gasteiger partial charge in [-0.1, -0.05) is 90.8 Å². The van der Waals surface area contributed by atoms with Gasteiger partial charge in [-0.05, 0) is 58.2 Å². The summed E-state index contributed by atoms with van der Waals surface area (Å²) < 4.78 is 0. The number of aryl methyl sites for hydroxylation is 1. The average Bonchev–Trinajstić information content (AvgIpc) is 3.04. The molecular formula is C38H44N8. The maximum absolute atomic E-state index is 9.03. The molecule has 0 spiro atoms. The van der Waals surface area contributed by atoms with E-state index >= 15 is 0 Å². The van der Waals surface area contributed by atoms with Gasteiger partial charge in [-0.2, -0.15) is 10.5 Å². The number of rotatable bonds is 9. The number of anilines is 2. The molecule has 236 valence electrons. The van der Waals surface area contributed by atoms with Gasteiger partial charge in [0.2, 0.25) is 11.6 Å². The van der Waals surface area contributed by atoms with E-state index in [0.717, 1.165) is 48.8 Å². The second-order valence-corrected chi connectivity index (χ2v) is 13.5. The SMILES string of the molecule is C#Cc1ccc(CN(CC(C)(C)C)c2ccnc(C#N)n2)cc1.CCc1ccc(CN(CC(C)(C)C)c2ccnc(C#N)n2)cc1. The lowest BCUT2D eigenvalue weighted by Gasteiger charge is -2.31. The van der Waals surface area contributed by atoms with Crippen molar-refractivity contribution in [2.24, 2.45) is 10.8 Å². The Balaban J connectivity index is 0.000000250. The Morgan fingerprint density at radius 2 is 1.02 bits per heavy atom. The second-order valence-electron chi connectivity index (χ2n) is 13.5. The van der Waals surface area contributed by atoms with Crippen LogP contribution in [-0.2, 0) is 19.5 Å². The molecule has 0 radical (unpaired) electrons. The molecule has 0 saturated heterocycles. The molecule has 2 aromatic carbocycles. The topological polar surface area (TPSA) is 106 Å². The van der Waals surface area contributed by atoms with Crippen LogP contribution in [0.5, 0.6) is 0 Å². The van der Waals surface area contributed by atoms with Crippen LogP contribution < -0.4 is 9.80 Å². The van der Waals surface area contributed by atoms with E-state index in [9.17, 15) is 0 Å². The van der Waals surface area contributed by atoms with Crippen molar-refractivity contribution in [1.29, 1.82) is 10.5 Å². The number of benzene rings is 2. The van der Waals surface area contributed by atoms with Crippen molar-refractivity contribution in [2.75, 3.05) is 22.9 Å². The Morgan fingerprint density at radius 3 is 1.37 bits per heavy atom. The average molecular weight is 613 g/mol. The third-order valence-electron chi connectivity index (χ3n) is 6.76. The van der Waals surface area contributed by atoms with E-state index in [4.69, 9.17) is 16.9 Å². The standard InChI is InChI=1S/C19H24N4.C19H20N4/c2*1-5-15-6-8-16(9-7-15)13-23(14-19(2,3)4)18-10-11-21-17(12-20)22-18/h6-11H,5,13-14H2,1-4H3;1,6-11H,13-14H2,2-4H3. The smallest absolute Gasteiger partial charge is 0.234 e. The fourth-order valence-electron chi connectivity index (χ4n) is 4.77. The van der Waals surface area contributed by atoms with Crippen LogP contribution in [-0.4, -0.2) is 33.0 Å². The minimum Gasteiger partial charge on any atom is -0.352 e. The Bertz CT molecular complexity index is 1680. The number of nitrogens with zero attached hydrogens (tertiary/aromatic N) is 8. The monoisotopic (exact) mass is 612 g/mol. The van der Waals surface area contributed by atoms with Gasteiger partial charge in [-0.15, -0.1) is 6.42 Å². The summed E-state index contributed by atoms with van der Waals surface area (Å²) >= 11 is 0. The molecule has 8 nitrogen and oxygen atoms in total. The van der Waals surface area contributed by atoms with Gasteiger partial charge in [-0.25, -0.2) is 19.9 Å². The van der Waals surface area contributed by atoms with Gasteiger partial charge in [0.15, 0.2) is 0 Å². The van der Waals surface area contributed by atoms with Crippen LogP contribution in [0.15, 0.2) is 73.1 Å². The largest absolute Gasteiger partial charge is 0.352 e. The minimum atomic E-state index is 0.0938. The molecule has 0 amide bonds. The van der Waals surface area contributed by atoms with E-state index in [2.05, 4.69) is 108 Å². The highest BCUT2D eigenvalue weighted by molar-refractivity contribution is 5.43. The lowest BCUT2D eigenvalue weighted by molar-refractivity contribution is 0.407. The van der Waals surface area contributed by atoms with Crippen molar-refractivity contribution in [2.45, 2.75) is 68.0 Å². The predicted octanol–water partition coefficient (Wildman–Crippen LogP) is 7.35. The summed E-state index contributed by atoms with van der Waals surface area (Å²) in [6.45, 7) is 18.4. The molecule has 2 heterocycles. The summed E-state index contributed by atoms with van der Waals surface area (Å²) in [5, 5.41) is 18.0. The maximum atomic E-state index is 9.03. The molecule has 0 atom stereocenters. The first kappa shape index (κ1) is 35.2. The number of hydrogen-bond donors (Lipinski definition) is 0. The molecule has 0 unspecified atom stereocenters. The quantitative estimate of drug-likeness (QED) is 0.181. The van der Waals surface area contributed by atoms with Crippen molar-refractivity contribution >= 4 is 11.6 Å². The van der Waals surface area contributed by atoms with E-state index in [-0.39, 0.29) is 22.5 Å². The molecule has 0 aliphatic carbocycles. The fourth-order valence-corrected chi connectivity index (χ4v) is 4.77. The van der Waals surface area contributed by atoms with Gasteiger partial charge in [0.25, 0.3) is 0 Å². The van der Waals surface area contributed by atoms with E-state index < -0.39 is 0 Å². The van der Waals surface area contributed by atoms with Gasteiger partial charge in [0.1, 0.15) is 23.8 Å². The van der Waals surface area contributed by atoms with E-state index in [1.54, 1.807) is 12.4 Å². The van der Waals surface area contributed by atoms with Crippen LogP contribution in [0.4, 0.5) is 11.6 Å². The van der Waals surface area contributed by atoms with Crippen molar-refractivity contribution in [3.8, 4) is 24.5 Å². The molecule has 2 aromatic heterocycles. The number of nitriles is 2. The van der Waals surface area contributed by atoms with Gasteiger partial charge < -0.3 is 9.80 Å². The summed E-state index contributed by atoms with van der Waals surface area (Å²) in [6, 6.07) is 24.3. The molecule has 8 heteroatoms. The Morgan fingerprint density at radius 1 is 0.630 bits per heavy atom. The lowest BCUT2D eigenvalue weighted by Crippen LogP contribution is -2.33. The van der Waals surface area contributed by atoms with Crippen LogP contribution in [0.1, 0.15) is 82.4 Å². The Kier molecular flexibility index (Phi) is 12.4. The first-order valence-corrected chi connectivity index (χ1v) is 15.4. The first-order chi connectivity index (χ1) is 21.8. The van der Waals surface area contributed by atoms with Crippen LogP contribution in [0.2, 0.25) is 0 Å². The molecular weight excluding hydrogens is 568 g/mol. The van der Waals surface area contributed by atoms with Crippen molar-refractivity contribution < 1.29 is 0 Å². The number of terminal acetylenes is 1. The minimum absolute atomic E-state index is 0.0938. The second kappa shape index (κ2) is 16.2. The zero-order chi connectivity index (χ0) is 33.7. The molecule has 0 fully saturated rings. The van der Waals surface area contributed by atoms with Crippen LogP contribution in [0.25, 0.3) is 0 Å². The van der Waals surface area contributed by atoms with Gasteiger partial charge >= 0.3 is 0 Å². The van der Waals surface area contributed by atoms with Crippen LogP contribution >= 0.6 is 0 Å². The third kappa shape index (κ3) is 11.7. The summed E-state index contributed by atoms with van der Waals surface area (Å²) in [5.41, 5.74) is 4.81. The number of aromatic nitrogens is 4. The van der Waals surface area contributed by atoms with Crippen LogP contribution in [0.3, 0.4) is 0 Å². The van der Waals surface area contributed by atoms with Crippen LogP contribution in [0, 0.1) is 45.8 Å². The van der Waals surface area contributed by atoms with Crippen molar-refractivity contribution in [3.05, 3.63) is 107 Å². The van der Waals surface area contributed by atoms with E-state index in [0.29, 0.717) is 6.54 Å². The fraction of sp³-hybridized carbons (Fsp3) is 0.368. The zero-order valence-electron chi connectivity index (χ0n) is 28.1. The molecule has 0 aliphatic rings. The maximum Gasteiger partial charge on any atom is 0.234 e. The molecule has 46 heavy (non-hydrogen) atoms. The molecule has 4 rings (SSSR count). The molecule has 0 aliphatic heterocycles. The number of hydrogen-bond acceptors (Lipinski definition) is 8. The third-order valence-corrected chi connectivity index (χ3v) is 6.76. The zero-order valence-corrected chi connectivity index (χ0v) is 28.1. The Hall–Kier alpha value is -5.26. The highest BCUT2D eigenvalue weighted by atomic mass is 15.2. The Labute approximate surface area is 274 Å². The molecule has 0 N–H and O–H groups in total. The van der Waals surface area contributed by atoms with Gasteiger partial charge in [0.05, 0.1) is 0 Å². The van der Waals surface area contributed by atoms with Gasteiger partial charge in [0, 0.05) is 44.1 Å². The summed E-state index contributed by atoms with van der Waals surface area (Å²) in [4.78, 5) is 21.0. The normalized spacial score (nSPS) is 10.9. The van der Waals surface area contributed by atoms with E-state index in [1.165, 1.54) is 11.1 Å². The van der Waals surface area contributed by atoms with Crippen molar-refractivity contribution in [3.63, 3.8) is 0 Å². The first-order valence-electron chi connectivity index (χ1n) is 15.4. The summed E-state index contributed by atoms with van der Waals surface area (Å²) in [6.07, 6.45) is 9.72.